The van der Waals surface area contributed by atoms with Crippen LogP contribution in [0.1, 0.15) is 39.9 Å². The number of nitrogens with zero attached hydrogens (tertiary/aromatic N) is 3. The zero-order valence-corrected chi connectivity index (χ0v) is 19.2. The normalized spacial score (nSPS) is 11.9. The molecule has 0 aliphatic heterocycles. The minimum atomic E-state index is -0.982. The topological polar surface area (TPSA) is 108 Å². The van der Waals surface area contributed by atoms with Gasteiger partial charge in [-0.25, -0.2) is 14.8 Å². The SMILES string of the molecule is CCCOCCOC(=O)Nc1nc2ccccc2c2c1nc(COCC)n2CC(C)(C)O. The predicted octanol–water partition coefficient (Wildman–Crippen LogP) is 3.87. The summed E-state index contributed by atoms with van der Waals surface area (Å²) in [6.07, 6.45) is 0.278. The van der Waals surface area contributed by atoms with Crippen LogP contribution in [0.2, 0.25) is 0 Å². The van der Waals surface area contributed by atoms with Gasteiger partial charge in [0, 0.05) is 18.6 Å². The summed E-state index contributed by atoms with van der Waals surface area (Å²) in [6, 6.07) is 7.62. The number of imidazole rings is 1. The molecule has 0 saturated carbocycles. The van der Waals surface area contributed by atoms with Crippen molar-refractivity contribution in [3.63, 3.8) is 0 Å². The van der Waals surface area contributed by atoms with Crippen LogP contribution in [0.4, 0.5) is 10.6 Å². The molecule has 0 saturated heterocycles. The first-order chi connectivity index (χ1) is 15.3. The number of pyridine rings is 1. The van der Waals surface area contributed by atoms with Crippen LogP contribution in [-0.4, -0.2) is 57.8 Å². The molecule has 3 rings (SSSR count). The highest BCUT2D eigenvalue weighted by Crippen LogP contribution is 2.31. The van der Waals surface area contributed by atoms with Crippen LogP contribution < -0.4 is 5.32 Å². The first-order valence-electron chi connectivity index (χ1n) is 10.9. The maximum atomic E-state index is 12.4. The van der Waals surface area contributed by atoms with Crippen molar-refractivity contribution >= 4 is 33.8 Å². The van der Waals surface area contributed by atoms with Gasteiger partial charge >= 0.3 is 6.09 Å². The molecule has 0 aliphatic carbocycles. The molecule has 32 heavy (non-hydrogen) atoms. The highest BCUT2D eigenvalue weighted by atomic mass is 16.6. The standard InChI is InChI=1S/C23H32N4O5/c1-5-11-31-12-13-32-22(28)26-21-19-20(16-9-7-8-10-17(16)24-21)27(15-23(3,4)29)18(25-19)14-30-6-2/h7-10,29H,5-6,11-15H2,1-4H3,(H,24,26,28). The van der Waals surface area contributed by atoms with Gasteiger partial charge in [-0.3, -0.25) is 5.32 Å². The molecule has 0 fully saturated rings. The van der Waals surface area contributed by atoms with E-state index >= 15 is 0 Å². The second-order valence-corrected chi connectivity index (χ2v) is 8.11. The number of fused-ring (bicyclic) bond motifs is 3. The van der Waals surface area contributed by atoms with Crippen molar-refractivity contribution in [2.45, 2.75) is 52.9 Å². The summed E-state index contributed by atoms with van der Waals surface area (Å²) in [4.78, 5) is 21.7. The molecule has 9 nitrogen and oxygen atoms in total. The summed E-state index contributed by atoms with van der Waals surface area (Å²) in [5.74, 6) is 0.942. The van der Waals surface area contributed by atoms with Crippen LogP contribution in [0.5, 0.6) is 0 Å². The molecule has 2 heterocycles. The van der Waals surface area contributed by atoms with E-state index in [-0.39, 0.29) is 13.2 Å². The van der Waals surface area contributed by atoms with Gasteiger partial charge in [0.1, 0.15) is 24.6 Å². The summed E-state index contributed by atoms with van der Waals surface area (Å²) in [5, 5.41) is 14.1. The number of amides is 1. The van der Waals surface area contributed by atoms with E-state index in [1.165, 1.54) is 0 Å². The number of hydrogen-bond donors (Lipinski definition) is 2. The molecule has 3 aromatic rings. The summed E-state index contributed by atoms with van der Waals surface area (Å²) in [5.41, 5.74) is 1.00. The third-order valence-electron chi connectivity index (χ3n) is 4.67. The number of aliphatic hydroxyl groups is 1. The van der Waals surface area contributed by atoms with Gasteiger partial charge in [0.15, 0.2) is 5.82 Å². The fourth-order valence-corrected chi connectivity index (χ4v) is 3.40. The Morgan fingerprint density at radius 1 is 1.12 bits per heavy atom. The van der Waals surface area contributed by atoms with Crippen molar-refractivity contribution in [3.8, 4) is 0 Å². The zero-order valence-electron chi connectivity index (χ0n) is 19.2. The maximum Gasteiger partial charge on any atom is 0.412 e. The molecule has 1 amide bonds. The highest BCUT2D eigenvalue weighted by molar-refractivity contribution is 6.09. The molecule has 0 aliphatic rings. The molecular formula is C23H32N4O5. The number of anilines is 1. The fraction of sp³-hybridized carbons (Fsp3) is 0.522. The number of aromatic nitrogens is 3. The largest absolute Gasteiger partial charge is 0.447 e. The van der Waals surface area contributed by atoms with Crippen LogP contribution in [0, 0.1) is 0 Å². The zero-order chi connectivity index (χ0) is 23.1. The van der Waals surface area contributed by atoms with E-state index in [1.807, 2.05) is 42.7 Å². The number of benzene rings is 1. The maximum absolute atomic E-state index is 12.4. The second kappa shape index (κ2) is 10.7. The first kappa shape index (κ1) is 23.9. The van der Waals surface area contributed by atoms with Gasteiger partial charge in [-0.05, 0) is 33.3 Å². The van der Waals surface area contributed by atoms with Gasteiger partial charge in [0.05, 0.1) is 29.8 Å². The molecule has 0 atom stereocenters. The minimum Gasteiger partial charge on any atom is -0.447 e. The van der Waals surface area contributed by atoms with Gasteiger partial charge in [0.25, 0.3) is 0 Å². The molecule has 0 bridgehead atoms. The highest BCUT2D eigenvalue weighted by Gasteiger charge is 2.24. The van der Waals surface area contributed by atoms with Gasteiger partial charge < -0.3 is 23.9 Å². The average Bonchev–Trinajstić information content (AvgIpc) is 3.09. The molecule has 2 aromatic heterocycles. The molecule has 2 N–H and O–H groups in total. The monoisotopic (exact) mass is 444 g/mol. The van der Waals surface area contributed by atoms with E-state index in [0.29, 0.717) is 49.0 Å². The minimum absolute atomic E-state index is 0.144. The molecule has 174 valence electrons. The summed E-state index contributed by atoms with van der Waals surface area (Å²) in [6.45, 7) is 9.61. The Morgan fingerprint density at radius 2 is 1.91 bits per heavy atom. The quantitative estimate of drug-likeness (QED) is 0.432. The summed E-state index contributed by atoms with van der Waals surface area (Å²) < 4.78 is 18.1. The lowest BCUT2D eigenvalue weighted by Crippen LogP contribution is -2.27. The first-order valence-corrected chi connectivity index (χ1v) is 10.9. The number of carbonyl (C=O) groups is 1. The van der Waals surface area contributed by atoms with Gasteiger partial charge in [0.2, 0.25) is 0 Å². The Labute approximate surface area is 187 Å². The van der Waals surface area contributed by atoms with Gasteiger partial charge in [-0.15, -0.1) is 0 Å². The van der Waals surface area contributed by atoms with Crippen LogP contribution in [0.15, 0.2) is 24.3 Å². The molecule has 0 spiro atoms. The Hall–Kier alpha value is -2.75. The van der Waals surface area contributed by atoms with Gasteiger partial charge in [-0.2, -0.15) is 0 Å². The Balaban J connectivity index is 2.01. The van der Waals surface area contributed by atoms with Crippen LogP contribution >= 0.6 is 0 Å². The van der Waals surface area contributed by atoms with Crippen LogP contribution in [-0.2, 0) is 27.4 Å². The van der Waals surface area contributed by atoms with Crippen LogP contribution in [0.3, 0.4) is 0 Å². The van der Waals surface area contributed by atoms with E-state index in [1.54, 1.807) is 13.8 Å². The lowest BCUT2D eigenvalue weighted by Gasteiger charge is -2.20. The number of hydrogen-bond acceptors (Lipinski definition) is 7. The van der Waals surface area contributed by atoms with Crippen molar-refractivity contribution in [1.29, 1.82) is 0 Å². The van der Waals surface area contributed by atoms with Gasteiger partial charge in [-0.1, -0.05) is 25.1 Å². The molecule has 1 aromatic carbocycles. The number of carbonyl (C=O) groups excluding carboxylic acids is 1. The van der Waals surface area contributed by atoms with E-state index in [4.69, 9.17) is 19.2 Å². The van der Waals surface area contributed by atoms with E-state index < -0.39 is 11.7 Å². The smallest absolute Gasteiger partial charge is 0.412 e. The molecule has 9 heteroatoms. The second-order valence-electron chi connectivity index (χ2n) is 8.11. The Bertz CT molecular complexity index is 1060. The Morgan fingerprint density at radius 3 is 2.62 bits per heavy atom. The Kier molecular flexibility index (Phi) is 8.00. The van der Waals surface area contributed by atoms with Crippen molar-refractivity contribution < 1.29 is 24.1 Å². The lowest BCUT2D eigenvalue weighted by atomic mass is 10.1. The number of para-hydroxylation sites is 1. The van der Waals surface area contributed by atoms with E-state index in [2.05, 4.69) is 10.3 Å². The van der Waals surface area contributed by atoms with E-state index in [9.17, 15) is 9.90 Å². The molecule has 0 radical (unpaired) electrons. The molecule has 0 unspecified atom stereocenters. The van der Waals surface area contributed by atoms with Crippen molar-refractivity contribution in [2.24, 2.45) is 0 Å². The summed E-state index contributed by atoms with van der Waals surface area (Å²) >= 11 is 0. The van der Waals surface area contributed by atoms with Crippen LogP contribution in [0.25, 0.3) is 21.9 Å². The third-order valence-corrected chi connectivity index (χ3v) is 4.67. The predicted molar refractivity (Wildman–Crippen MR) is 123 cm³/mol. The summed E-state index contributed by atoms with van der Waals surface area (Å²) in [7, 11) is 0. The number of ether oxygens (including phenoxy) is 3. The van der Waals surface area contributed by atoms with Crippen molar-refractivity contribution in [3.05, 3.63) is 30.1 Å². The van der Waals surface area contributed by atoms with Crippen molar-refractivity contribution in [1.82, 2.24) is 14.5 Å². The fourth-order valence-electron chi connectivity index (χ4n) is 3.40. The lowest BCUT2D eigenvalue weighted by molar-refractivity contribution is 0.0582. The third kappa shape index (κ3) is 5.93. The van der Waals surface area contributed by atoms with Crippen molar-refractivity contribution in [2.75, 3.05) is 31.7 Å². The van der Waals surface area contributed by atoms with E-state index in [0.717, 1.165) is 17.3 Å². The number of nitrogens with one attached hydrogen (secondary N) is 1. The number of rotatable bonds is 11. The molecular weight excluding hydrogens is 412 g/mol. The average molecular weight is 445 g/mol.